The molecule has 0 saturated heterocycles. The summed E-state index contributed by atoms with van der Waals surface area (Å²) in [6.45, 7) is 5.38. The van der Waals surface area contributed by atoms with Gasteiger partial charge in [0.05, 0.1) is 6.20 Å². The van der Waals surface area contributed by atoms with Crippen molar-refractivity contribution in [1.82, 2.24) is 15.1 Å². The first-order valence-electron chi connectivity index (χ1n) is 6.06. The van der Waals surface area contributed by atoms with Crippen LogP contribution in [0.3, 0.4) is 0 Å². The van der Waals surface area contributed by atoms with Crippen LogP contribution in [0.4, 0.5) is 0 Å². The quantitative estimate of drug-likeness (QED) is 0.882. The molecule has 1 unspecified atom stereocenters. The molecule has 0 radical (unpaired) electrons. The van der Waals surface area contributed by atoms with Crippen LogP contribution in [-0.2, 0) is 7.05 Å². The second-order valence-corrected chi connectivity index (χ2v) is 5.24. The molecule has 2 aromatic rings. The van der Waals surface area contributed by atoms with Gasteiger partial charge in [0.15, 0.2) is 0 Å². The zero-order valence-electron chi connectivity index (χ0n) is 10.6. The molecule has 4 heteroatoms. The number of thiophene rings is 1. The van der Waals surface area contributed by atoms with E-state index in [0.717, 1.165) is 13.0 Å². The Morgan fingerprint density at radius 2 is 2.24 bits per heavy atom. The van der Waals surface area contributed by atoms with E-state index in [2.05, 4.69) is 42.6 Å². The molecule has 0 fully saturated rings. The van der Waals surface area contributed by atoms with Crippen molar-refractivity contribution in [2.24, 2.45) is 7.05 Å². The Morgan fingerprint density at radius 3 is 2.82 bits per heavy atom. The lowest BCUT2D eigenvalue weighted by Gasteiger charge is -2.13. The van der Waals surface area contributed by atoms with Crippen molar-refractivity contribution in [2.45, 2.75) is 26.3 Å². The van der Waals surface area contributed by atoms with E-state index in [1.807, 2.05) is 29.3 Å². The Kier molecular flexibility index (Phi) is 3.97. The summed E-state index contributed by atoms with van der Waals surface area (Å²) in [7, 11) is 1.95. The average Bonchev–Trinajstić information content (AvgIpc) is 2.94. The Morgan fingerprint density at radius 1 is 1.41 bits per heavy atom. The van der Waals surface area contributed by atoms with E-state index in [1.54, 1.807) is 0 Å². The van der Waals surface area contributed by atoms with Gasteiger partial charge < -0.3 is 5.32 Å². The molecule has 0 bridgehead atoms. The number of hydrogen-bond acceptors (Lipinski definition) is 3. The first kappa shape index (κ1) is 12.3. The molecular formula is C13H19N3S. The minimum absolute atomic E-state index is 0.482. The lowest BCUT2D eigenvalue weighted by atomic mass is 10.2. The van der Waals surface area contributed by atoms with Crippen molar-refractivity contribution >= 4 is 11.3 Å². The Hall–Kier alpha value is -1.13. The smallest absolute Gasteiger partial charge is 0.0576 e. The lowest BCUT2D eigenvalue weighted by Crippen LogP contribution is -2.18. The van der Waals surface area contributed by atoms with Gasteiger partial charge in [0.1, 0.15) is 0 Å². The lowest BCUT2D eigenvalue weighted by molar-refractivity contribution is 0.545. The van der Waals surface area contributed by atoms with Gasteiger partial charge in [-0.1, -0.05) is 13.8 Å². The van der Waals surface area contributed by atoms with Crippen molar-refractivity contribution in [1.29, 1.82) is 0 Å². The molecule has 2 rings (SSSR count). The molecule has 2 aromatic heterocycles. The molecule has 0 saturated carbocycles. The summed E-state index contributed by atoms with van der Waals surface area (Å²) in [5.74, 6) is 0. The molecule has 0 aromatic carbocycles. The van der Waals surface area contributed by atoms with Crippen LogP contribution in [0, 0.1) is 0 Å². The number of hydrogen-bond donors (Lipinski definition) is 1. The fourth-order valence-electron chi connectivity index (χ4n) is 1.94. The highest BCUT2D eigenvalue weighted by Gasteiger charge is 2.11. The molecule has 1 atom stereocenters. The van der Waals surface area contributed by atoms with Crippen LogP contribution in [0.15, 0.2) is 24.5 Å². The Balaban J connectivity index is 2.20. The molecular weight excluding hydrogens is 230 g/mol. The zero-order chi connectivity index (χ0) is 12.3. The van der Waals surface area contributed by atoms with Crippen LogP contribution in [0.25, 0.3) is 10.4 Å². The monoisotopic (exact) mass is 249 g/mol. The van der Waals surface area contributed by atoms with E-state index in [4.69, 9.17) is 0 Å². The third kappa shape index (κ3) is 2.76. The van der Waals surface area contributed by atoms with E-state index in [1.165, 1.54) is 15.3 Å². The highest BCUT2D eigenvalue weighted by atomic mass is 32.1. The van der Waals surface area contributed by atoms with E-state index in [-0.39, 0.29) is 0 Å². The Bertz CT molecular complexity index is 472. The van der Waals surface area contributed by atoms with Crippen LogP contribution in [0.2, 0.25) is 0 Å². The molecule has 0 amide bonds. The molecule has 0 aliphatic carbocycles. The van der Waals surface area contributed by atoms with Crippen molar-refractivity contribution in [3.63, 3.8) is 0 Å². The van der Waals surface area contributed by atoms with Crippen LogP contribution < -0.4 is 5.32 Å². The third-order valence-electron chi connectivity index (χ3n) is 2.82. The van der Waals surface area contributed by atoms with Gasteiger partial charge in [-0.25, -0.2) is 0 Å². The SMILES string of the molecule is CCNC(CC)c1ccc(-c2cnn(C)c2)s1. The first-order chi connectivity index (χ1) is 8.24. The van der Waals surface area contributed by atoms with Crippen LogP contribution in [-0.4, -0.2) is 16.3 Å². The van der Waals surface area contributed by atoms with Crippen molar-refractivity contribution in [3.05, 3.63) is 29.4 Å². The van der Waals surface area contributed by atoms with Crippen LogP contribution >= 0.6 is 11.3 Å². The van der Waals surface area contributed by atoms with Gasteiger partial charge in [0.25, 0.3) is 0 Å². The van der Waals surface area contributed by atoms with Crippen LogP contribution in [0.1, 0.15) is 31.2 Å². The highest BCUT2D eigenvalue weighted by Crippen LogP contribution is 2.32. The summed E-state index contributed by atoms with van der Waals surface area (Å²) >= 11 is 1.86. The second-order valence-electron chi connectivity index (χ2n) is 4.12. The van der Waals surface area contributed by atoms with E-state index in [0.29, 0.717) is 6.04 Å². The molecule has 2 heterocycles. The summed E-state index contributed by atoms with van der Waals surface area (Å²) in [6, 6.07) is 4.90. The fraction of sp³-hybridized carbons (Fsp3) is 0.462. The zero-order valence-corrected chi connectivity index (χ0v) is 11.4. The van der Waals surface area contributed by atoms with E-state index >= 15 is 0 Å². The minimum Gasteiger partial charge on any atom is -0.310 e. The summed E-state index contributed by atoms with van der Waals surface area (Å²) in [4.78, 5) is 2.71. The standard InChI is InChI=1S/C13H19N3S/c1-4-11(14-5-2)13-7-6-12(17-13)10-8-15-16(3)9-10/h6-9,11,14H,4-5H2,1-3H3. The molecule has 0 spiro atoms. The molecule has 0 aliphatic rings. The van der Waals surface area contributed by atoms with Gasteiger partial charge in [-0.05, 0) is 25.1 Å². The number of aromatic nitrogens is 2. The summed E-state index contributed by atoms with van der Waals surface area (Å²) in [5.41, 5.74) is 1.20. The van der Waals surface area contributed by atoms with Gasteiger partial charge >= 0.3 is 0 Å². The van der Waals surface area contributed by atoms with Crippen LogP contribution in [0.5, 0.6) is 0 Å². The predicted molar refractivity (Wildman–Crippen MR) is 73.2 cm³/mol. The number of aryl methyl sites for hydroxylation is 1. The molecule has 92 valence electrons. The predicted octanol–water partition coefficient (Wildman–Crippen LogP) is 3.21. The normalized spacial score (nSPS) is 12.9. The van der Waals surface area contributed by atoms with Gasteiger partial charge in [0, 0.05) is 34.6 Å². The van der Waals surface area contributed by atoms with Gasteiger partial charge in [-0.3, -0.25) is 4.68 Å². The summed E-state index contributed by atoms with van der Waals surface area (Å²) < 4.78 is 1.84. The topological polar surface area (TPSA) is 29.9 Å². The van der Waals surface area contributed by atoms with Crippen molar-refractivity contribution < 1.29 is 0 Å². The molecule has 3 nitrogen and oxygen atoms in total. The maximum absolute atomic E-state index is 4.21. The number of nitrogens with zero attached hydrogens (tertiary/aromatic N) is 2. The fourth-order valence-corrected chi connectivity index (χ4v) is 3.08. The third-order valence-corrected chi connectivity index (χ3v) is 4.07. The second kappa shape index (κ2) is 5.47. The highest BCUT2D eigenvalue weighted by molar-refractivity contribution is 7.15. The van der Waals surface area contributed by atoms with Crippen molar-refractivity contribution in [3.8, 4) is 10.4 Å². The first-order valence-corrected chi connectivity index (χ1v) is 6.88. The van der Waals surface area contributed by atoms with E-state index in [9.17, 15) is 0 Å². The van der Waals surface area contributed by atoms with Gasteiger partial charge in [-0.15, -0.1) is 11.3 Å². The molecule has 17 heavy (non-hydrogen) atoms. The average molecular weight is 249 g/mol. The van der Waals surface area contributed by atoms with Gasteiger partial charge in [0.2, 0.25) is 0 Å². The minimum atomic E-state index is 0.482. The largest absolute Gasteiger partial charge is 0.310 e. The number of rotatable bonds is 5. The summed E-state index contributed by atoms with van der Waals surface area (Å²) in [5, 5.41) is 7.72. The number of nitrogens with one attached hydrogen (secondary N) is 1. The molecule has 0 aliphatic heterocycles. The summed E-state index contributed by atoms with van der Waals surface area (Å²) in [6.07, 6.45) is 5.11. The van der Waals surface area contributed by atoms with E-state index < -0.39 is 0 Å². The maximum atomic E-state index is 4.21. The van der Waals surface area contributed by atoms with Gasteiger partial charge in [-0.2, -0.15) is 5.10 Å². The Labute approximate surface area is 106 Å². The maximum Gasteiger partial charge on any atom is 0.0576 e. The molecule has 1 N–H and O–H groups in total. The van der Waals surface area contributed by atoms with Crippen molar-refractivity contribution in [2.75, 3.05) is 6.54 Å².